The molecule has 7 nitrogen and oxygen atoms in total. The van der Waals surface area contributed by atoms with Crippen molar-refractivity contribution in [2.24, 2.45) is 0 Å². The number of anilines is 3. The van der Waals surface area contributed by atoms with Crippen LogP contribution in [0.15, 0.2) is 45.9 Å². The standard InChI is InChI=1S/C16H14F2N4O3S/c1-9-16(10(2)25-21-9)26(23,24)22-11-6-7-14(19-8-11)20-15-12(17)4-3-5-13(15)18/h3-8,22H,1-2H3,(H,19,20). The predicted octanol–water partition coefficient (Wildman–Crippen LogP) is 3.51. The van der Waals surface area contributed by atoms with Crippen LogP contribution in [-0.2, 0) is 10.0 Å². The second-order valence-corrected chi connectivity index (χ2v) is 7.03. The van der Waals surface area contributed by atoms with Crippen molar-refractivity contribution >= 4 is 27.2 Å². The van der Waals surface area contributed by atoms with Crippen molar-refractivity contribution < 1.29 is 21.7 Å². The summed E-state index contributed by atoms with van der Waals surface area (Å²) in [6.07, 6.45) is 1.22. The Morgan fingerprint density at radius 2 is 1.77 bits per heavy atom. The highest BCUT2D eigenvalue weighted by atomic mass is 32.2. The monoisotopic (exact) mass is 380 g/mol. The zero-order valence-corrected chi connectivity index (χ0v) is 14.6. The number of sulfonamides is 1. The third kappa shape index (κ3) is 3.49. The van der Waals surface area contributed by atoms with Crippen molar-refractivity contribution in [3.63, 3.8) is 0 Å². The Kier molecular flexibility index (Phi) is 4.60. The van der Waals surface area contributed by atoms with Crippen molar-refractivity contribution in [1.82, 2.24) is 10.1 Å². The van der Waals surface area contributed by atoms with E-state index in [4.69, 9.17) is 4.52 Å². The summed E-state index contributed by atoms with van der Waals surface area (Å²) in [5.41, 5.74) is 0.0601. The van der Waals surface area contributed by atoms with Crippen molar-refractivity contribution in [2.75, 3.05) is 10.0 Å². The molecule has 136 valence electrons. The van der Waals surface area contributed by atoms with Gasteiger partial charge in [0.25, 0.3) is 10.0 Å². The molecule has 3 rings (SSSR count). The Balaban J connectivity index is 1.80. The molecule has 0 aliphatic heterocycles. The lowest BCUT2D eigenvalue weighted by Gasteiger charge is -2.10. The minimum atomic E-state index is -3.90. The highest BCUT2D eigenvalue weighted by Gasteiger charge is 2.24. The minimum absolute atomic E-state index is 0.0480. The second kappa shape index (κ2) is 6.71. The van der Waals surface area contributed by atoms with Crippen LogP contribution in [0, 0.1) is 25.5 Å². The molecule has 0 aliphatic rings. The number of nitrogens with zero attached hydrogens (tertiary/aromatic N) is 2. The van der Waals surface area contributed by atoms with Crippen LogP contribution in [0.1, 0.15) is 11.5 Å². The molecular weight excluding hydrogens is 366 g/mol. The summed E-state index contributed by atoms with van der Waals surface area (Å²) in [6, 6.07) is 6.26. The summed E-state index contributed by atoms with van der Waals surface area (Å²) in [5, 5.41) is 6.12. The van der Waals surface area contributed by atoms with Gasteiger partial charge in [-0.05, 0) is 38.1 Å². The fraction of sp³-hybridized carbons (Fsp3) is 0.125. The number of hydrogen-bond donors (Lipinski definition) is 2. The molecule has 0 bridgehead atoms. The summed E-state index contributed by atoms with van der Waals surface area (Å²) >= 11 is 0. The van der Waals surface area contributed by atoms with Crippen LogP contribution in [0.4, 0.5) is 26.0 Å². The normalized spacial score (nSPS) is 11.4. The van der Waals surface area contributed by atoms with E-state index in [1.807, 2.05) is 0 Å². The molecule has 0 spiro atoms. The summed E-state index contributed by atoms with van der Waals surface area (Å²) in [4.78, 5) is 3.91. The van der Waals surface area contributed by atoms with Gasteiger partial charge in [-0.15, -0.1) is 0 Å². The van der Waals surface area contributed by atoms with Crippen LogP contribution in [-0.4, -0.2) is 18.6 Å². The third-order valence-corrected chi connectivity index (χ3v) is 5.09. The van der Waals surface area contributed by atoms with Crippen LogP contribution in [0.2, 0.25) is 0 Å². The van der Waals surface area contributed by atoms with Crippen molar-refractivity contribution in [3.8, 4) is 0 Å². The van der Waals surface area contributed by atoms with Crippen molar-refractivity contribution in [2.45, 2.75) is 18.7 Å². The number of para-hydroxylation sites is 1. The largest absolute Gasteiger partial charge is 0.360 e. The SMILES string of the molecule is Cc1noc(C)c1S(=O)(=O)Nc1ccc(Nc2c(F)cccc2F)nc1. The molecule has 1 aromatic carbocycles. The van der Waals surface area contributed by atoms with E-state index in [1.165, 1.54) is 38.2 Å². The quantitative estimate of drug-likeness (QED) is 0.703. The molecular formula is C16H14F2N4O3S. The molecule has 0 saturated carbocycles. The number of rotatable bonds is 5. The molecule has 2 N–H and O–H groups in total. The van der Waals surface area contributed by atoms with Gasteiger partial charge in [-0.1, -0.05) is 11.2 Å². The summed E-state index contributed by atoms with van der Waals surface area (Å²) in [7, 11) is -3.90. The van der Waals surface area contributed by atoms with E-state index in [2.05, 4.69) is 20.2 Å². The number of nitrogens with one attached hydrogen (secondary N) is 2. The first-order valence-electron chi connectivity index (χ1n) is 7.41. The van der Waals surface area contributed by atoms with E-state index >= 15 is 0 Å². The topological polar surface area (TPSA) is 97.1 Å². The van der Waals surface area contributed by atoms with Crippen molar-refractivity contribution in [1.29, 1.82) is 0 Å². The van der Waals surface area contributed by atoms with Gasteiger partial charge in [0, 0.05) is 0 Å². The second-order valence-electron chi connectivity index (χ2n) is 5.41. The lowest BCUT2D eigenvalue weighted by atomic mass is 10.3. The maximum atomic E-state index is 13.6. The summed E-state index contributed by atoms with van der Waals surface area (Å²) in [6.45, 7) is 3.00. The average Bonchev–Trinajstić information content (AvgIpc) is 2.92. The maximum absolute atomic E-state index is 13.6. The van der Waals surface area contributed by atoms with Crippen molar-refractivity contribution in [3.05, 3.63) is 59.6 Å². The summed E-state index contributed by atoms with van der Waals surface area (Å²) in [5.74, 6) is -1.23. The highest BCUT2D eigenvalue weighted by molar-refractivity contribution is 7.92. The van der Waals surface area contributed by atoms with Crippen LogP contribution < -0.4 is 10.0 Å². The number of benzene rings is 1. The lowest BCUT2D eigenvalue weighted by Crippen LogP contribution is -2.14. The molecule has 26 heavy (non-hydrogen) atoms. The van der Waals surface area contributed by atoms with Gasteiger partial charge in [0.2, 0.25) is 0 Å². The van der Waals surface area contributed by atoms with Gasteiger partial charge in [0.05, 0.1) is 11.9 Å². The van der Waals surface area contributed by atoms with E-state index in [1.54, 1.807) is 0 Å². The Bertz CT molecular complexity index is 1010. The van der Waals surface area contributed by atoms with Crippen LogP contribution >= 0.6 is 0 Å². The van der Waals surface area contributed by atoms with E-state index in [0.29, 0.717) is 0 Å². The molecule has 10 heteroatoms. The Morgan fingerprint density at radius 3 is 2.31 bits per heavy atom. The number of aromatic nitrogens is 2. The Hall–Kier alpha value is -3.01. The Morgan fingerprint density at radius 1 is 1.08 bits per heavy atom. The molecule has 0 atom stereocenters. The highest BCUT2D eigenvalue weighted by Crippen LogP contribution is 2.24. The molecule has 0 fully saturated rings. The number of pyridine rings is 1. The van der Waals surface area contributed by atoms with E-state index in [-0.39, 0.29) is 33.5 Å². The molecule has 2 heterocycles. The van der Waals surface area contributed by atoms with Gasteiger partial charge in [-0.25, -0.2) is 22.2 Å². The molecule has 0 saturated heterocycles. The minimum Gasteiger partial charge on any atom is -0.360 e. The van der Waals surface area contributed by atoms with Crippen LogP contribution in [0.25, 0.3) is 0 Å². The zero-order valence-electron chi connectivity index (χ0n) is 13.7. The number of hydrogen-bond acceptors (Lipinski definition) is 6. The smallest absolute Gasteiger partial charge is 0.267 e. The molecule has 0 unspecified atom stereocenters. The fourth-order valence-corrected chi connectivity index (χ4v) is 3.71. The van der Waals surface area contributed by atoms with Gasteiger partial charge in [-0.2, -0.15) is 0 Å². The van der Waals surface area contributed by atoms with E-state index < -0.39 is 21.7 Å². The fourth-order valence-electron chi connectivity index (χ4n) is 2.34. The third-order valence-electron chi connectivity index (χ3n) is 3.47. The van der Waals surface area contributed by atoms with Gasteiger partial charge < -0.3 is 9.84 Å². The first kappa shape index (κ1) is 17.8. The van der Waals surface area contributed by atoms with Crippen LogP contribution in [0.5, 0.6) is 0 Å². The molecule has 0 amide bonds. The maximum Gasteiger partial charge on any atom is 0.267 e. The average molecular weight is 380 g/mol. The van der Waals surface area contributed by atoms with E-state index in [0.717, 1.165) is 12.1 Å². The lowest BCUT2D eigenvalue weighted by molar-refractivity contribution is 0.390. The van der Waals surface area contributed by atoms with Gasteiger partial charge in [-0.3, -0.25) is 4.72 Å². The number of aryl methyl sites for hydroxylation is 2. The van der Waals surface area contributed by atoms with Gasteiger partial charge in [0.15, 0.2) is 10.7 Å². The van der Waals surface area contributed by atoms with Gasteiger partial charge in [0.1, 0.15) is 28.8 Å². The number of halogens is 2. The zero-order chi connectivity index (χ0) is 18.9. The molecule has 3 aromatic rings. The first-order chi connectivity index (χ1) is 12.3. The predicted molar refractivity (Wildman–Crippen MR) is 90.7 cm³/mol. The van der Waals surface area contributed by atoms with Crippen LogP contribution in [0.3, 0.4) is 0 Å². The molecule has 0 aliphatic carbocycles. The molecule has 0 radical (unpaired) electrons. The van der Waals surface area contributed by atoms with E-state index in [9.17, 15) is 17.2 Å². The Labute approximate surface area is 148 Å². The summed E-state index contributed by atoms with van der Waals surface area (Å²) < 4.78 is 59.3. The van der Waals surface area contributed by atoms with Gasteiger partial charge >= 0.3 is 0 Å². The molecule has 2 aromatic heterocycles. The first-order valence-corrected chi connectivity index (χ1v) is 8.89.